The van der Waals surface area contributed by atoms with E-state index in [0.717, 1.165) is 0 Å². The standard InChI is InChI=1S/C18H30/c1-8-9-10-11-12-13-15(4)17(6)18(7)16(5)14(2)3/h11-13H,8-10H2,1-7H3. The lowest BCUT2D eigenvalue weighted by Crippen LogP contribution is -1.90. The molecule has 18 heavy (non-hydrogen) atoms. The Morgan fingerprint density at radius 2 is 1.44 bits per heavy atom. The number of hydrogen-bond donors (Lipinski definition) is 0. The minimum atomic E-state index is 1.19. The summed E-state index contributed by atoms with van der Waals surface area (Å²) < 4.78 is 0. The van der Waals surface area contributed by atoms with E-state index in [1.54, 1.807) is 0 Å². The number of unbranched alkanes of at least 4 members (excludes halogenated alkanes) is 2. The second-order valence-corrected chi connectivity index (χ2v) is 5.30. The Labute approximate surface area is 114 Å². The largest absolute Gasteiger partial charge is 0.0845 e. The molecule has 0 unspecified atom stereocenters. The van der Waals surface area contributed by atoms with Crippen LogP contribution in [0, 0.1) is 0 Å². The smallest absolute Gasteiger partial charge is 0.0348 e. The van der Waals surface area contributed by atoms with Crippen molar-refractivity contribution in [3.05, 3.63) is 46.1 Å². The third-order valence-electron chi connectivity index (χ3n) is 3.67. The molecule has 0 bridgehead atoms. The van der Waals surface area contributed by atoms with Crippen molar-refractivity contribution in [2.45, 2.75) is 67.7 Å². The van der Waals surface area contributed by atoms with Gasteiger partial charge < -0.3 is 0 Å². The van der Waals surface area contributed by atoms with E-state index in [4.69, 9.17) is 0 Å². The van der Waals surface area contributed by atoms with Crippen molar-refractivity contribution in [1.29, 1.82) is 0 Å². The molecule has 0 saturated carbocycles. The van der Waals surface area contributed by atoms with Crippen LogP contribution in [0.15, 0.2) is 46.1 Å². The Bertz CT molecular complexity index is 369. The van der Waals surface area contributed by atoms with Gasteiger partial charge in [-0.15, -0.1) is 0 Å². The van der Waals surface area contributed by atoms with Crippen LogP contribution in [0.5, 0.6) is 0 Å². The van der Waals surface area contributed by atoms with Crippen molar-refractivity contribution in [2.75, 3.05) is 0 Å². The first kappa shape index (κ1) is 17.0. The highest BCUT2D eigenvalue weighted by Gasteiger charge is 2.02. The van der Waals surface area contributed by atoms with Crippen LogP contribution in [0.2, 0.25) is 0 Å². The van der Waals surface area contributed by atoms with Crippen molar-refractivity contribution in [1.82, 2.24) is 0 Å². The summed E-state index contributed by atoms with van der Waals surface area (Å²) in [6, 6.07) is 0. The van der Waals surface area contributed by atoms with Crippen LogP contribution in [-0.2, 0) is 0 Å². The van der Waals surface area contributed by atoms with Gasteiger partial charge in [-0.25, -0.2) is 0 Å². The molecular weight excluding hydrogens is 216 g/mol. The molecule has 0 nitrogen and oxygen atoms in total. The lowest BCUT2D eigenvalue weighted by Gasteiger charge is -2.10. The Morgan fingerprint density at radius 1 is 0.833 bits per heavy atom. The Balaban J connectivity index is 4.83. The highest BCUT2D eigenvalue weighted by molar-refractivity contribution is 5.43. The molecule has 0 aromatic heterocycles. The van der Waals surface area contributed by atoms with Gasteiger partial charge in [0.15, 0.2) is 0 Å². The summed E-state index contributed by atoms with van der Waals surface area (Å²) >= 11 is 0. The molecule has 0 radical (unpaired) electrons. The zero-order valence-corrected chi connectivity index (χ0v) is 13.4. The second-order valence-electron chi connectivity index (χ2n) is 5.30. The second kappa shape index (κ2) is 8.97. The molecule has 0 spiro atoms. The molecule has 0 heteroatoms. The predicted molar refractivity (Wildman–Crippen MR) is 84.8 cm³/mol. The van der Waals surface area contributed by atoms with Gasteiger partial charge in [0.05, 0.1) is 0 Å². The van der Waals surface area contributed by atoms with Crippen LogP contribution in [0.4, 0.5) is 0 Å². The van der Waals surface area contributed by atoms with Crippen molar-refractivity contribution in [3.8, 4) is 0 Å². The Hall–Kier alpha value is -1.04. The molecule has 0 heterocycles. The average Bonchev–Trinajstić information content (AvgIpc) is 2.35. The first-order valence-corrected chi connectivity index (χ1v) is 7.07. The van der Waals surface area contributed by atoms with Gasteiger partial charge in [-0.3, -0.25) is 0 Å². The highest BCUT2D eigenvalue weighted by Crippen LogP contribution is 2.22. The first-order valence-electron chi connectivity index (χ1n) is 7.07. The van der Waals surface area contributed by atoms with E-state index in [2.05, 4.69) is 66.7 Å². The maximum Gasteiger partial charge on any atom is -0.0348 e. The fourth-order valence-corrected chi connectivity index (χ4v) is 1.71. The summed E-state index contributed by atoms with van der Waals surface area (Å²) in [5.41, 5.74) is 6.98. The molecule has 0 aliphatic carbocycles. The zero-order chi connectivity index (χ0) is 14.1. The molecule has 0 rings (SSSR count). The van der Waals surface area contributed by atoms with Gasteiger partial charge in [-0.05, 0) is 70.3 Å². The maximum absolute atomic E-state index is 2.27. The summed E-state index contributed by atoms with van der Waals surface area (Å²) in [6.45, 7) is 15.4. The van der Waals surface area contributed by atoms with Crippen LogP contribution in [-0.4, -0.2) is 0 Å². The molecule has 102 valence electrons. The number of hydrogen-bond acceptors (Lipinski definition) is 0. The van der Waals surface area contributed by atoms with Crippen LogP contribution in [0.1, 0.15) is 67.7 Å². The molecule has 0 amide bonds. The van der Waals surface area contributed by atoms with Gasteiger partial charge in [-0.1, -0.05) is 43.6 Å². The average molecular weight is 246 g/mol. The topological polar surface area (TPSA) is 0 Å². The molecule has 0 saturated heterocycles. The molecule has 0 fully saturated rings. The zero-order valence-electron chi connectivity index (χ0n) is 13.4. The molecule has 0 aliphatic heterocycles. The van der Waals surface area contributed by atoms with E-state index < -0.39 is 0 Å². The summed E-state index contributed by atoms with van der Waals surface area (Å²) in [5.74, 6) is 0. The lowest BCUT2D eigenvalue weighted by molar-refractivity contribution is 0.815. The van der Waals surface area contributed by atoms with Crippen molar-refractivity contribution < 1.29 is 0 Å². The summed E-state index contributed by atoms with van der Waals surface area (Å²) in [4.78, 5) is 0. The van der Waals surface area contributed by atoms with Crippen molar-refractivity contribution in [2.24, 2.45) is 0 Å². The van der Waals surface area contributed by atoms with Gasteiger partial charge in [0.1, 0.15) is 0 Å². The number of allylic oxidation sites excluding steroid dienone is 8. The third kappa shape index (κ3) is 6.05. The summed E-state index contributed by atoms with van der Waals surface area (Å²) in [6.07, 6.45) is 10.4. The predicted octanol–water partition coefficient (Wildman–Crippen LogP) is 6.37. The normalized spacial score (nSPS) is 13.8. The number of rotatable bonds is 6. The monoisotopic (exact) mass is 246 g/mol. The fourth-order valence-electron chi connectivity index (χ4n) is 1.71. The molecule has 0 aromatic rings. The van der Waals surface area contributed by atoms with Crippen LogP contribution >= 0.6 is 0 Å². The fraction of sp³-hybridized carbons (Fsp3) is 0.556. The molecular formula is C18H30. The SMILES string of the molecule is CCCCC=CC=C(C)C(C)=C(C)C(C)=C(C)C. The molecule has 0 N–H and O–H groups in total. The third-order valence-corrected chi connectivity index (χ3v) is 3.67. The van der Waals surface area contributed by atoms with Crippen molar-refractivity contribution >= 4 is 0 Å². The van der Waals surface area contributed by atoms with E-state index in [0.29, 0.717) is 0 Å². The summed E-state index contributed by atoms with van der Waals surface area (Å²) in [7, 11) is 0. The van der Waals surface area contributed by atoms with Gasteiger partial charge in [0, 0.05) is 0 Å². The maximum atomic E-state index is 2.27. The molecule has 0 aromatic carbocycles. The van der Waals surface area contributed by atoms with E-state index in [-0.39, 0.29) is 0 Å². The van der Waals surface area contributed by atoms with E-state index in [9.17, 15) is 0 Å². The summed E-state index contributed by atoms with van der Waals surface area (Å²) in [5, 5.41) is 0. The quantitative estimate of drug-likeness (QED) is 0.377. The van der Waals surface area contributed by atoms with Crippen LogP contribution in [0.25, 0.3) is 0 Å². The van der Waals surface area contributed by atoms with E-state index in [1.807, 2.05) is 0 Å². The molecule has 0 aliphatic rings. The van der Waals surface area contributed by atoms with Gasteiger partial charge in [0.2, 0.25) is 0 Å². The Kier molecular flexibility index (Phi) is 8.45. The van der Waals surface area contributed by atoms with E-state index >= 15 is 0 Å². The van der Waals surface area contributed by atoms with Crippen LogP contribution in [0.3, 0.4) is 0 Å². The van der Waals surface area contributed by atoms with E-state index in [1.165, 1.54) is 47.1 Å². The lowest BCUT2D eigenvalue weighted by atomic mass is 9.96. The minimum Gasteiger partial charge on any atom is -0.0845 e. The van der Waals surface area contributed by atoms with Gasteiger partial charge in [-0.2, -0.15) is 0 Å². The van der Waals surface area contributed by atoms with Crippen molar-refractivity contribution in [3.63, 3.8) is 0 Å². The minimum absolute atomic E-state index is 1.19. The Morgan fingerprint density at radius 3 is 1.94 bits per heavy atom. The van der Waals surface area contributed by atoms with Crippen LogP contribution < -0.4 is 0 Å². The van der Waals surface area contributed by atoms with Gasteiger partial charge >= 0.3 is 0 Å². The molecule has 0 atom stereocenters. The van der Waals surface area contributed by atoms with Gasteiger partial charge in [0.25, 0.3) is 0 Å². The highest BCUT2D eigenvalue weighted by atomic mass is 14.1. The first-order chi connectivity index (χ1) is 8.41.